The summed E-state index contributed by atoms with van der Waals surface area (Å²) in [7, 11) is 0. The van der Waals surface area contributed by atoms with E-state index in [4.69, 9.17) is 5.84 Å². The van der Waals surface area contributed by atoms with E-state index in [1.807, 2.05) is 30.3 Å². The van der Waals surface area contributed by atoms with Gasteiger partial charge in [0.25, 0.3) is 5.91 Å². The third kappa shape index (κ3) is 5.84. The van der Waals surface area contributed by atoms with Crippen molar-refractivity contribution in [3.63, 3.8) is 0 Å². The third-order valence-electron chi connectivity index (χ3n) is 3.03. The van der Waals surface area contributed by atoms with E-state index < -0.39 is 6.04 Å². The molecule has 0 saturated carbocycles. The molecule has 0 aromatic heterocycles. The highest BCUT2D eigenvalue weighted by atomic mass is 16.2. The van der Waals surface area contributed by atoms with Crippen molar-refractivity contribution in [1.82, 2.24) is 10.7 Å². The number of rotatable bonds is 7. The Balaban J connectivity index is 2.61. The summed E-state index contributed by atoms with van der Waals surface area (Å²) in [5.41, 5.74) is 3.08. The second kappa shape index (κ2) is 8.32. The van der Waals surface area contributed by atoms with Gasteiger partial charge in [0.15, 0.2) is 0 Å². The fourth-order valence-corrected chi connectivity index (χ4v) is 1.85. The van der Waals surface area contributed by atoms with Crippen LogP contribution in [0.15, 0.2) is 30.3 Å². The minimum absolute atomic E-state index is 0.122. The maximum atomic E-state index is 11.8. The Labute approximate surface area is 119 Å². The van der Waals surface area contributed by atoms with E-state index in [2.05, 4.69) is 24.6 Å². The van der Waals surface area contributed by atoms with Gasteiger partial charge in [-0.3, -0.25) is 15.0 Å². The van der Waals surface area contributed by atoms with E-state index in [-0.39, 0.29) is 11.8 Å². The molecule has 0 aliphatic heterocycles. The molecular weight excluding hydrogens is 254 g/mol. The van der Waals surface area contributed by atoms with Crippen LogP contribution in [0.1, 0.15) is 32.3 Å². The Morgan fingerprint density at radius 2 is 1.85 bits per heavy atom. The van der Waals surface area contributed by atoms with Crippen molar-refractivity contribution < 1.29 is 9.59 Å². The predicted octanol–water partition coefficient (Wildman–Crippen LogP) is 1.14. The number of benzene rings is 1. The monoisotopic (exact) mass is 277 g/mol. The van der Waals surface area contributed by atoms with Crippen LogP contribution in [0.2, 0.25) is 0 Å². The molecule has 5 nitrogen and oxygen atoms in total. The van der Waals surface area contributed by atoms with Gasteiger partial charge in [-0.25, -0.2) is 5.84 Å². The summed E-state index contributed by atoms with van der Waals surface area (Å²) in [5.74, 6) is 5.12. The van der Waals surface area contributed by atoms with Crippen LogP contribution in [0, 0.1) is 5.92 Å². The molecule has 110 valence electrons. The van der Waals surface area contributed by atoms with Crippen LogP contribution in [0.25, 0.3) is 0 Å². The van der Waals surface area contributed by atoms with Gasteiger partial charge in [0.05, 0.1) is 0 Å². The lowest BCUT2D eigenvalue weighted by molar-refractivity contribution is -0.129. The number of nitrogens with two attached hydrogens (primary N) is 1. The quantitative estimate of drug-likeness (QED) is 0.397. The standard InChI is InChI=1S/C15H23N3O2/c1-11(2)8-9-14(19)17-13(15(20)18-16)10-12-6-4-3-5-7-12/h3-7,11,13H,8-10,16H2,1-2H3,(H,17,19)(H,18,20). The lowest BCUT2D eigenvalue weighted by Gasteiger charge is -2.17. The zero-order valence-electron chi connectivity index (χ0n) is 12.1. The van der Waals surface area contributed by atoms with Gasteiger partial charge in [0.2, 0.25) is 5.91 Å². The second-order valence-corrected chi connectivity index (χ2v) is 5.25. The number of hydrogen-bond acceptors (Lipinski definition) is 3. The van der Waals surface area contributed by atoms with E-state index in [9.17, 15) is 9.59 Å². The average Bonchev–Trinajstić information content (AvgIpc) is 2.44. The van der Waals surface area contributed by atoms with Gasteiger partial charge in [0, 0.05) is 12.8 Å². The minimum atomic E-state index is -0.637. The van der Waals surface area contributed by atoms with Crippen molar-refractivity contribution in [2.45, 2.75) is 39.2 Å². The summed E-state index contributed by atoms with van der Waals surface area (Å²) in [5, 5.41) is 2.74. The number of carbonyl (C=O) groups excluding carboxylic acids is 2. The van der Waals surface area contributed by atoms with Crippen molar-refractivity contribution in [1.29, 1.82) is 0 Å². The molecule has 20 heavy (non-hydrogen) atoms. The number of nitrogens with one attached hydrogen (secondary N) is 2. The summed E-state index contributed by atoms with van der Waals surface area (Å²) in [6, 6.07) is 8.89. The van der Waals surface area contributed by atoms with E-state index in [0.717, 1.165) is 12.0 Å². The summed E-state index contributed by atoms with van der Waals surface area (Å²) in [6.45, 7) is 4.11. The van der Waals surface area contributed by atoms with Crippen LogP contribution >= 0.6 is 0 Å². The summed E-state index contributed by atoms with van der Waals surface area (Å²) in [6.07, 6.45) is 1.65. The SMILES string of the molecule is CC(C)CCC(=O)NC(Cc1ccccc1)C(=O)NN. The van der Waals surface area contributed by atoms with Gasteiger partial charge in [-0.2, -0.15) is 0 Å². The molecule has 4 N–H and O–H groups in total. The first-order chi connectivity index (χ1) is 9.52. The lowest BCUT2D eigenvalue weighted by Crippen LogP contribution is -2.50. The molecule has 0 aliphatic carbocycles. The third-order valence-corrected chi connectivity index (χ3v) is 3.03. The first-order valence-electron chi connectivity index (χ1n) is 6.86. The van der Waals surface area contributed by atoms with Crippen molar-refractivity contribution in [2.24, 2.45) is 11.8 Å². The molecule has 0 heterocycles. The van der Waals surface area contributed by atoms with E-state index >= 15 is 0 Å². The number of hydrogen-bond donors (Lipinski definition) is 3. The van der Waals surface area contributed by atoms with Crippen LogP contribution in [-0.2, 0) is 16.0 Å². The fraction of sp³-hybridized carbons (Fsp3) is 0.467. The van der Waals surface area contributed by atoms with Crippen molar-refractivity contribution in [3.8, 4) is 0 Å². The van der Waals surface area contributed by atoms with Gasteiger partial charge in [-0.15, -0.1) is 0 Å². The Bertz CT molecular complexity index is 432. The Morgan fingerprint density at radius 1 is 1.20 bits per heavy atom. The van der Waals surface area contributed by atoms with Gasteiger partial charge in [-0.05, 0) is 17.9 Å². The van der Waals surface area contributed by atoms with Gasteiger partial charge >= 0.3 is 0 Å². The smallest absolute Gasteiger partial charge is 0.256 e. The zero-order valence-corrected chi connectivity index (χ0v) is 12.1. The molecule has 1 aromatic rings. The fourth-order valence-electron chi connectivity index (χ4n) is 1.85. The Morgan fingerprint density at radius 3 is 2.40 bits per heavy atom. The molecule has 0 bridgehead atoms. The molecule has 0 spiro atoms. The summed E-state index contributed by atoms with van der Waals surface area (Å²) >= 11 is 0. The molecule has 1 atom stereocenters. The van der Waals surface area contributed by atoms with Crippen LogP contribution in [0.4, 0.5) is 0 Å². The average molecular weight is 277 g/mol. The number of carbonyl (C=O) groups is 2. The summed E-state index contributed by atoms with van der Waals surface area (Å²) < 4.78 is 0. The largest absolute Gasteiger partial charge is 0.344 e. The highest BCUT2D eigenvalue weighted by Gasteiger charge is 2.20. The van der Waals surface area contributed by atoms with Crippen molar-refractivity contribution >= 4 is 11.8 Å². The van der Waals surface area contributed by atoms with Gasteiger partial charge in [-0.1, -0.05) is 44.2 Å². The van der Waals surface area contributed by atoms with Crippen LogP contribution < -0.4 is 16.6 Å². The highest BCUT2D eigenvalue weighted by molar-refractivity contribution is 5.87. The van der Waals surface area contributed by atoms with E-state index in [1.54, 1.807) is 0 Å². The second-order valence-electron chi connectivity index (χ2n) is 5.25. The molecule has 0 saturated heterocycles. The van der Waals surface area contributed by atoms with Crippen LogP contribution in [-0.4, -0.2) is 17.9 Å². The normalized spacial score (nSPS) is 12.0. The summed E-state index contributed by atoms with van der Waals surface area (Å²) in [4.78, 5) is 23.6. The number of hydrazine groups is 1. The molecule has 2 amide bonds. The van der Waals surface area contributed by atoms with Crippen molar-refractivity contribution in [2.75, 3.05) is 0 Å². The first kappa shape index (κ1) is 16.2. The maximum Gasteiger partial charge on any atom is 0.256 e. The first-order valence-corrected chi connectivity index (χ1v) is 6.86. The molecule has 1 aromatic carbocycles. The van der Waals surface area contributed by atoms with Gasteiger partial charge in [0.1, 0.15) is 6.04 Å². The molecule has 0 aliphatic rings. The molecule has 1 rings (SSSR count). The topological polar surface area (TPSA) is 84.2 Å². The van der Waals surface area contributed by atoms with Crippen LogP contribution in [0.5, 0.6) is 0 Å². The zero-order chi connectivity index (χ0) is 15.0. The molecular formula is C15H23N3O2. The van der Waals surface area contributed by atoms with Gasteiger partial charge < -0.3 is 5.32 Å². The molecule has 0 fully saturated rings. The van der Waals surface area contributed by atoms with E-state index in [0.29, 0.717) is 18.8 Å². The van der Waals surface area contributed by atoms with E-state index in [1.165, 1.54) is 0 Å². The Hall–Kier alpha value is -1.88. The lowest BCUT2D eigenvalue weighted by atomic mass is 10.0. The molecule has 0 radical (unpaired) electrons. The molecule has 5 heteroatoms. The molecule has 1 unspecified atom stereocenters. The maximum absolute atomic E-state index is 11.8. The number of amides is 2. The highest BCUT2D eigenvalue weighted by Crippen LogP contribution is 2.06. The predicted molar refractivity (Wildman–Crippen MR) is 78.5 cm³/mol. The van der Waals surface area contributed by atoms with Crippen LogP contribution in [0.3, 0.4) is 0 Å². The Kier molecular flexibility index (Phi) is 6.73. The van der Waals surface area contributed by atoms with Crippen molar-refractivity contribution in [3.05, 3.63) is 35.9 Å². The minimum Gasteiger partial charge on any atom is -0.344 e.